The van der Waals surface area contributed by atoms with Gasteiger partial charge in [-0.3, -0.25) is 9.69 Å². The largest absolute Gasteiger partial charge is 0.464 e. The Hall–Kier alpha value is -4.12. The van der Waals surface area contributed by atoms with Crippen LogP contribution in [0, 0.1) is 0 Å². The van der Waals surface area contributed by atoms with E-state index in [1.165, 1.54) is 33.8 Å². The normalized spacial score (nSPS) is 18.4. The topological polar surface area (TPSA) is 190 Å². The number of aromatic nitrogens is 1. The number of furan rings is 1. The molecule has 4 N–H and O–H groups in total. The van der Waals surface area contributed by atoms with Crippen LogP contribution in [0.3, 0.4) is 0 Å². The Labute approximate surface area is 263 Å². The lowest BCUT2D eigenvalue weighted by molar-refractivity contribution is -0.161. The average molecular weight is 658 g/mol. The van der Waals surface area contributed by atoms with Crippen LogP contribution in [0.25, 0.3) is 11.3 Å². The molecular weight excluding hydrogens is 631 g/mol. The summed E-state index contributed by atoms with van der Waals surface area (Å²) >= 11 is 3.67. The number of amides is 1. The molecule has 5 rings (SSSR count). The molecule has 1 amide bonds. The summed E-state index contributed by atoms with van der Waals surface area (Å²) in [6, 6.07) is 10.3. The first-order valence-corrected chi connectivity index (χ1v) is 15.8. The second-order valence-electron chi connectivity index (χ2n) is 10.4. The van der Waals surface area contributed by atoms with Gasteiger partial charge in [0.05, 0.1) is 6.26 Å². The van der Waals surface area contributed by atoms with Crippen molar-refractivity contribution in [2.24, 2.45) is 10.9 Å². The zero-order valence-electron chi connectivity index (χ0n) is 23.7. The van der Waals surface area contributed by atoms with Crippen molar-refractivity contribution >= 4 is 69.5 Å². The van der Waals surface area contributed by atoms with E-state index in [0.29, 0.717) is 16.4 Å². The number of oxime groups is 1. The third-order valence-electron chi connectivity index (χ3n) is 5.97. The van der Waals surface area contributed by atoms with Crippen molar-refractivity contribution in [1.29, 1.82) is 0 Å². The molecule has 3 aromatic rings. The number of nitrogens with two attached hydrogens (primary N) is 2. The van der Waals surface area contributed by atoms with Crippen LogP contribution >= 0.6 is 34.9 Å². The van der Waals surface area contributed by atoms with Gasteiger partial charge in [0.15, 0.2) is 5.13 Å². The van der Waals surface area contributed by atoms with Crippen LogP contribution in [-0.4, -0.2) is 68.8 Å². The SMILES string of the molecule is CC(C)(C)OC(=O)CON=C(C(=O)OC(=O)C1=C(Sc2ccc(-c3ccco3)cc2)CS[C@H]2C(N)C(=O)N12)c1csc(N)n1. The summed E-state index contributed by atoms with van der Waals surface area (Å²) in [5.41, 5.74) is 11.2. The highest BCUT2D eigenvalue weighted by atomic mass is 32.2. The minimum absolute atomic E-state index is 0.0335. The molecule has 13 nitrogen and oxygen atoms in total. The average Bonchev–Trinajstić information content (AvgIpc) is 3.66. The number of nitrogen functional groups attached to an aromatic ring is 1. The van der Waals surface area contributed by atoms with E-state index in [2.05, 4.69) is 10.1 Å². The first kappa shape index (κ1) is 31.3. The van der Waals surface area contributed by atoms with Gasteiger partial charge in [-0.15, -0.1) is 23.1 Å². The van der Waals surface area contributed by atoms with Crippen LogP contribution in [0.5, 0.6) is 0 Å². The summed E-state index contributed by atoms with van der Waals surface area (Å²) < 4.78 is 15.8. The Morgan fingerprint density at radius 3 is 2.59 bits per heavy atom. The second-order valence-corrected chi connectivity index (χ2v) is 13.5. The van der Waals surface area contributed by atoms with E-state index in [1.807, 2.05) is 30.3 Å². The number of carbonyl (C=O) groups is 4. The molecule has 0 spiro atoms. The van der Waals surface area contributed by atoms with E-state index in [0.717, 1.165) is 21.8 Å². The first-order valence-electron chi connectivity index (χ1n) is 13.1. The van der Waals surface area contributed by atoms with E-state index in [4.69, 9.17) is 30.2 Å². The smallest absolute Gasteiger partial charge is 0.370 e. The number of ether oxygens (including phenoxy) is 2. The molecule has 0 bridgehead atoms. The highest BCUT2D eigenvalue weighted by Gasteiger charge is 2.52. The van der Waals surface area contributed by atoms with Crippen molar-refractivity contribution in [3.05, 3.63) is 64.3 Å². The number of hydrogen-bond donors (Lipinski definition) is 2. The van der Waals surface area contributed by atoms with Crippen molar-refractivity contribution < 1.29 is 37.9 Å². The maximum atomic E-state index is 13.6. The fraction of sp³-hybridized carbons (Fsp3) is 0.286. The van der Waals surface area contributed by atoms with Gasteiger partial charge in [0.2, 0.25) is 18.2 Å². The number of β-lactam (4-membered cyclic amide) rings is 1. The Morgan fingerprint density at radius 1 is 1.20 bits per heavy atom. The van der Waals surface area contributed by atoms with Crippen LogP contribution < -0.4 is 11.5 Å². The zero-order valence-corrected chi connectivity index (χ0v) is 26.1. The predicted octanol–water partition coefficient (Wildman–Crippen LogP) is 3.36. The summed E-state index contributed by atoms with van der Waals surface area (Å²) in [5.74, 6) is -2.47. The van der Waals surface area contributed by atoms with E-state index < -0.39 is 53.2 Å². The van der Waals surface area contributed by atoms with Crippen molar-refractivity contribution in [3.63, 3.8) is 0 Å². The third kappa shape index (κ3) is 6.99. The molecule has 0 saturated carbocycles. The van der Waals surface area contributed by atoms with Gasteiger partial charge in [0.25, 0.3) is 0 Å². The van der Waals surface area contributed by atoms with Gasteiger partial charge in [-0.25, -0.2) is 19.4 Å². The van der Waals surface area contributed by atoms with Gasteiger partial charge in [-0.1, -0.05) is 29.1 Å². The Balaban J connectivity index is 1.38. The molecule has 1 fully saturated rings. The minimum atomic E-state index is -1.23. The highest BCUT2D eigenvalue weighted by Crippen LogP contribution is 2.45. The lowest BCUT2D eigenvalue weighted by atomic mass is 10.1. The standard InChI is InChI=1S/C28H27N5O8S3/c1-28(2,3)41-19(34)11-39-32-21(16-12-43-27(30)31-16)25(36)40-26(37)22-18(13-42-24-20(29)23(35)33(22)24)44-15-8-6-14(7-9-15)17-5-4-10-38-17/h4-10,12,20,24H,11,13,29H2,1-3H3,(H2,30,31)/t20?,24-/m0/s1. The molecule has 2 aliphatic rings. The van der Waals surface area contributed by atoms with Crippen LogP contribution in [0.1, 0.15) is 26.5 Å². The number of rotatable bonds is 9. The molecular formula is C28H27N5O8S3. The third-order valence-corrected chi connectivity index (χ3v) is 9.22. The Bertz CT molecular complexity index is 1640. The van der Waals surface area contributed by atoms with Crippen molar-refractivity contribution in [1.82, 2.24) is 9.88 Å². The summed E-state index contributed by atoms with van der Waals surface area (Å²) in [5, 5.41) is 4.75. The summed E-state index contributed by atoms with van der Waals surface area (Å²) in [6.07, 6.45) is 1.58. The molecule has 2 atom stereocenters. The zero-order chi connectivity index (χ0) is 31.6. The molecule has 1 aromatic carbocycles. The number of fused-ring (bicyclic) bond motifs is 1. The van der Waals surface area contributed by atoms with Crippen molar-refractivity contribution in [2.75, 3.05) is 18.1 Å². The van der Waals surface area contributed by atoms with Crippen LogP contribution in [0.2, 0.25) is 0 Å². The molecule has 44 heavy (non-hydrogen) atoms. The van der Waals surface area contributed by atoms with Gasteiger partial charge < -0.3 is 30.2 Å². The molecule has 16 heteroatoms. The van der Waals surface area contributed by atoms with Crippen LogP contribution in [0.4, 0.5) is 5.13 Å². The monoisotopic (exact) mass is 657 g/mol. The number of esters is 3. The number of anilines is 1. The van der Waals surface area contributed by atoms with Crippen LogP contribution in [-0.2, 0) is 33.5 Å². The number of benzene rings is 1. The molecule has 1 unspecified atom stereocenters. The number of thiazole rings is 1. The lowest BCUT2D eigenvalue weighted by Crippen LogP contribution is -2.68. The minimum Gasteiger partial charge on any atom is -0.464 e. The summed E-state index contributed by atoms with van der Waals surface area (Å²) in [7, 11) is 0. The predicted molar refractivity (Wildman–Crippen MR) is 164 cm³/mol. The molecule has 0 aliphatic carbocycles. The molecule has 1 saturated heterocycles. The number of nitrogens with zero attached hydrogens (tertiary/aromatic N) is 3. The van der Waals surface area contributed by atoms with E-state index in [1.54, 1.807) is 33.1 Å². The number of thioether (sulfide) groups is 2. The van der Waals surface area contributed by atoms with Gasteiger partial charge in [-0.2, -0.15) is 0 Å². The molecule has 0 radical (unpaired) electrons. The van der Waals surface area contributed by atoms with E-state index in [-0.39, 0.29) is 16.5 Å². The fourth-order valence-electron chi connectivity index (χ4n) is 4.11. The fourth-order valence-corrected chi connectivity index (χ4v) is 7.08. The van der Waals surface area contributed by atoms with Crippen molar-refractivity contribution in [3.8, 4) is 11.3 Å². The molecule has 230 valence electrons. The Kier molecular flexibility index (Phi) is 9.15. The summed E-state index contributed by atoms with van der Waals surface area (Å²) in [6.45, 7) is 4.43. The lowest BCUT2D eigenvalue weighted by Gasteiger charge is -2.48. The van der Waals surface area contributed by atoms with Crippen molar-refractivity contribution in [2.45, 2.75) is 42.7 Å². The van der Waals surface area contributed by atoms with E-state index >= 15 is 0 Å². The second kappa shape index (κ2) is 12.9. The summed E-state index contributed by atoms with van der Waals surface area (Å²) in [4.78, 5) is 63.2. The number of carbonyl (C=O) groups excluding carboxylic acids is 4. The number of hydrogen-bond acceptors (Lipinski definition) is 15. The molecule has 2 aromatic heterocycles. The highest BCUT2D eigenvalue weighted by molar-refractivity contribution is 8.06. The molecule has 4 heterocycles. The van der Waals surface area contributed by atoms with Gasteiger partial charge in [0.1, 0.15) is 34.2 Å². The van der Waals surface area contributed by atoms with Gasteiger partial charge in [0, 0.05) is 26.5 Å². The van der Waals surface area contributed by atoms with Gasteiger partial charge in [-0.05, 0) is 45.0 Å². The maximum absolute atomic E-state index is 13.6. The first-order chi connectivity index (χ1) is 20.9. The van der Waals surface area contributed by atoms with Crippen LogP contribution in [0.15, 0.2) is 73.1 Å². The van der Waals surface area contributed by atoms with Gasteiger partial charge >= 0.3 is 17.9 Å². The van der Waals surface area contributed by atoms with E-state index in [9.17, 15) is 19.2 Å². The quantitative estimate of drug-likeness (QED) is 0.112. The maximum Gasteiger partial charge on any atom is 0.370 e. The molecule has 2 aliphatic heterocycles. The Morgan fingerprint density at radius 2 is 1.95 bits per heavy atom.